The molecule has 0 bridgehead atoms. The van der Waals surface area contributed by atoms with Crippen LogP contribution < -0.4 is 0 Å². The summed E-state index contributed by atoms with van der Waals surface area (Å²) in [6.45, 7) is 0.353. The number of hydrogen-bond acceptors (Lipinski definition) is 2. The molecule has 0 aliphatic heterocycles. The van der Waals surface area contributed by atoms with Gasteiger partial charge in [-0.3, -0.25) is 0 Å². The SMILES string of the molecule is O=C(OCC1c2ccccc2-c2ccccc21)c1ccc[nH]1. The van der Waals surface area contributed by atoms with Crippen LogP contribution in [-0.4, -0.2) is 17.6 Å². The highest BCUT2D eigenvalue weighted by atomic mass is 16.5. The lowest BCUT2D eigenvalue weighted by molar-refractivity contribution is 0.0487. The van der Waals surface area contributed by atoms with Crippen molar-refractivity contribution in [2.24, 2.45) is 0 Å². The van der Waals surface area contributed by atoms with Crippen molar-refractivity contribution in [3.05, 3.63) is 83.7 Å². The van der Waals surface area contributed by atoms with Gasteiger partial charge in [-0.25, -0.2) is 4.79 Å². The summed E-state index contributed by atoms with van der Waals surface area (Å²) in [5.74, 6) is -0.210. The second-order valence-electron chi connectivity index (χ2n) is 5.41. The molecule has 22 heavy (non-hydrogen) atoms. The van der Waals surface area contributed by atoms with Gasteiger partial charge in [0.15, 0.2) is 0 Å². The van der Waals surface area contributed by atoms with Crippen LogP contribution in [0, 0.1) is 0 Å². The zero-order chi connectivity index (χ0) is 14.9. The van der Waals surface area contributed by atoms with E-state index in [4.69, 9.17) is 4.74 Å². The number of hydrogen-bond donors (Lipinski definition) is 1. The number of carbonyl (C=O) groups excluding carboxylic acids is 1. The first-order chi connectivity index (χ1) is 10.8. The van der Waals surface area contributed by atoms with Crippen LogP contribution in [0.5, 0.6) is 0 Å². The van der Waals surface area contributed by atoms with Gasteiger partial charge >= 0.3 is 5.97 Å². The fraction of sp³-hybridized carbons (Fsp3) is 0.105. The van der Waals surface area contributed by atoms with Gasteiger partial charge in [-0.05, 0) is 34.4 Å². The van der Waals surface area contributed by atoms with Gasteiger partial charge in [-0.1, -0.05) is 48.5 Å². The average Bonchev–Trinajstić information content (AvgIpc) is 3.20. The van der Waals surface area contributed by atoms with E-state index in [1.165, 1.54) is 22.3 Å². The summed E-state index contributed by atoms with van der Waals surface area (Å²) in [4.78, 5) is 14.9. The molecule has 0 saturated heterocycles. The normalized spacial score (nSPS) is 12.7. The number of rotatable bonds is 3. The minimum absolute atomic E-state index is 0.103. The first kappa shape index (κ1) is 12.9. The number of esters is 1. The molecule has 4 rings (SSSR count). The summed E-state index contributed by atoms with van der Waals surface area (Å²) >= 11 is 0. The summed E-state index contributed by atoms with van der Waals surface area (Å²) in [6, 6.07) is 20.1. The average molecular weight is 289 g/mol. The molecule has 1 N–H and O–H groups in total. The number of aromatic amines is 1. The second kappa shape index (κ2) is 5.19. The highest BCUT2D eigenvalue weighted by Gasteiger charge is 2.29. The molecule has 0 fully saturated rings. The van der Waals surface area contributed by atoms with Gasteiger partial charge in [0.25, 0.3) is 0 Å². The summed E-state index contributed by atoms with van der Waals surface area (Å²) in [5.41, 5.74) is 5.41. The fourth-order valence-corrected chi connectivity index (χ4v) is 3.13. The molecular formula is C19H15NO2. The number of aromatic nitrogens is 1. The maximum absolute atomic E-state index is 12.0. The van der Waals surface area contributed by atoms with Gasteiger partial charge in [0.1, 0.15) is 12.3 Å². The molecule has 1 heterocycles. The van der Waals surface area contributed by atoms with Crippen molar-refractivity contribution in [3.63, 3.8) is 0 Å². The second-order valence-corrected chi connectivity index (χ2v) is 5.41. The molecule has 0 atom stereocenters. The first-order valence-electron chi connectivity index (χ1n) is 7.33. The molecule has 0 radical (unpaired) electrons. The minimum atomic E-state index is -0.313. The Kier molecular flexibility index (Phi) is 3.04. The lowest BCUT2D eigenvalue weighted by atomic mass is 9.98. The number of fused-ring (bicyclic) bond motifs is 3. The van der Waals surface area contributed by atoms with E-state index in [0.29, 0.717) is 12.3 Å². The van der Waals surface area contributed by atoms with E-state index in [9.17, 15) is 4.79 Å². The summed E-state index contributed by atoms with van der Waals surface area (Å²) in [6.07, 6.45) is 1.72. The molecule has 0 amide bonds. The van der Waals surface area contributed by atoms with Gasteiger partial charge in [0.05, 0.1) is 0 Å². The van der Waals surface area contributed by atoms with Crippen LogP contribution in [0.25, 0.3) is 11.1 Å². The third kappa shape index (κ3) is 2.02. The number of nitrogens with one attached hydrogen (secondary N) is 1. The molecule has 108 valence electrons. The largest absolute Gasteiger partial charge is 0.460 e. The molecule has 0 spiro atoms. The smallest absolute Gasteiger partial charge is 0.354 e. The summed E-state index contributed by atoms with van der Waals surface area (Å²) in [7, 11) is 0. The van der Waals surface area contributed by atoms with E-state index in [-0.39, 0.29) is 11.9 Å². The molecule has 3 heteroatoms. The van der Waals surface area contributed by atoms with Crippen molar-refractivity contribution in [3.8, 4) is 11.1 Å². The number of H-pyrrole nitrogens is 1. The zero-order valence-electron chi connectivity index (χ0n) is 12.0. The number of carbonyl (C=O) groups is 1. The predicted molar refractivity (Wildman–Crippen MR) is 84.8 cm³/mol. The van der Waals surface area contributed by atoms with Crippen LogP contribution in [0.2, 0.25) is 0 Å². The van der Waals surface area contributed by atoms with Gasteiger partial charge < -0.3 is 9.72 Å². The van der Waals surface area contributed by atoms with Crippen LogP contribution in [0.1, 0.15) is 27.5 Å². The van der Waals surface area contributed by atoms with E-state index >= 15 is 0 Å². The molecule has 0 unspecified atom stereocenters. The Hall–Kier alpha value is -2.81. The Morgan fingerprint density at radius 2 is 1.55 bits per heavy atom. The van der Waals surface area contributed by atoms with Crippen LogP contribution >= 0.6 is 0 Å². The van der Waals surface area contributed by atoms with E-state index in [1.807, 2.05) is 24.3 Å². The Morgan fingerprint density at radius 1 is 0.909 bits per heavy atom. The number of ether oxygens (including phenoxy) is 1. The quantitative estimate of drug-likeness (QED) is 0.741. The zero-order valence-corrected chi connectivity index (χ0v) is 12.0. The maximum atomic E-state index is 12.0. The van der Waals surface area contributed by atoms with Gasteiger partial charge in [-0.2, -0.15) is 0 Å². The molecule has 1 aromatic heterocycles. The van der Waals surface area contributed by atoms with Crippen LogP contribution in [-0.2, 0) is 4.74 Å². The van der Waals surface area contributed by atoms with Crippen LogP contribution in [0.15, 0.2) is 66.9 Å². The standard InChI is InChI=1S/C19H15NO2/c21-19(18-10-5-11-20-18)22-12-17-15-8-3-1-6-13(15)14-7-2-4-9-16(14)17/h1-11,17,20H,12H2. The highest BCUT2D eigenvalue weighted by Crippen LogP contribution is 2.44. The Morgan fingerprint density at radius 3 is 2.14 bits per heavy atom. The molecule has 1 aliphatic carbocycles. The minimum Gasteiger partial charge on any atom is -0.460 e. The molecule has 2 aromatic carbocycles. The third-order valence-corrected chi connectivity index (χ3v) is 4.16. The highest BCUT2D eigenvalue weighted by molar-refractivity contribution is 5.87. The first-order valence-corrected chi connectivity index (χ1v) is 7.33. The van der Waals surface area contributed by atoms with E-state index < -0.39 is 0 Å². The Labute approximate surface area is 128 Å². The van der Waals surface area contributed by atoms with E-state index in [0.717, 1.165) is 0 Å². The fourth-order valence-electron chi connectivity index (χ4n) is 3.13. The predicted octanol–water partition coefficient (Wildman–Crippen LogP) is 3.98. The Bertz CT molecular complexity index is 775. The van der Waals surface area contributed by atoms with Crippen molar-refractivity contribution >= 4 is 5.97 Å². The molecule has 3 aromatic rings. The maximum Gasteiger partial charge on any atom is 0.354 e. The lowest BCUT2D eigenvalue weighted by Crippen LogP contribution is -2.12. The summed E-state index contributed by atoms with van der Waals surface area (Å²) < 4.78 is 5.51. The molecular weight excluding hydrogens is 274 g/mol. The van der Waals surface area contributed by atoms with Crippen LogP contribution in [0.3, 0.4) is 0 Å². The topological polar surface area (TPSA) is 42.1 Å². The molecule has 0 saturated carbocycles. The van der Waals surface area contributed by atoms with Gasteiger partial charge in [0, 0.05) is 12.1 Å². The monoisotopic (exact) mass is 289 g/mol. The van der Waals surface area contributed by atoms with Gasteiger partial charge in [0.2, 0.25) is 0 Å². The lowest BCUT2D eigenvalue weighted by Gasteiger charge is -2.13. The van der Waals surface area contributed by atoms with Crippen LogP contribution in [0.4, 0.5) is 0 Å². The van der Waals surface area contributed by atoms with Gasteiger partial charge in [-0.15, -0.1) is 0 Å². The van der Waals surface area contributed by atoms with Crippen molar-refractivity contribution in [2.45, 2.75) is 5.92 Å². The molecule has 1 aliphatic rings. The number of benzene rings is 2. The summed E-state index contributed by atoms with van der Waals surface area (Å²) in [5, 5.41) is 0. The van der Waals surface area contributed by atoms with Crippen molar-refractivity contribution in [2.75, 3.05) is 6.61 Å². The Balaban J connectivity index is 1.63. The molecule has 3 nitrogen and oxygen atoms in total. The van der Waals surface area contributed by atoms with E-state index in [2.05, 4.69) is 29.2 Å². The van der Waals surface area contributed by atoms with E-state index in [1.54, 1.807) is 18.3 Å². The van der Waals surface area contributed by atoms with Crippen molar-refractivity contribution in [1.29, 1.82) is 0 Å². The third-order valence-electron chi connectivity index (χ3n) is 4.16. The van der Waals surface area contributed by atoms with Crippen molar-refractivity contribution < 1.29 is 9.53 Å². The van der Waals surface area contributed by atoms with Crippen molar-refractivity contribution in [1.82, 2.24) is 4.98 Å².